The average molecular weight is 530 g/mol. The summed E-state index contributed by atoms with van der Waals surface area (Å²) >= 11 is 9.59. The van der Waals surface area contributed by atoms with Gasteiger partial charge >= 0.3 is 5.97 Å². The predicted molar refractivity (Wildman–Crippen MR) is 134 cm³/mol. The number of rotatable bonds is 4. The highest BCUT2D eigenvalue weighted by Crippen LogP contribution is 2.50. The van der Waals surface area contributed by atoms with E-state index in [1.807, 2.05) is 41.3 Å². The molecule has 2 aliphatic rings. The minimum absolute atomic E-state index is 0.0161. The van der Waals surface area contributed by atoms with Crippen LogP contribution in [0.25, 0.3) is 0 Å². The molecule has 0 aromatic heterocycles. The average Bonchev–Trinajstić information content (AvgIpc) is 2.74. The lowest BCUT2D eigenvalue weighted by Gasteiger charge is -2.44. The minimum Gasteiger partial charge on any atom is -0.463 e. The molecule has 0 fully saturated rings. The van der Waals surface area contributed by atoms with Gasteiger partial charge in [0.05, 0.1) is 18.1 Å². The highest BCUT2D eigenvalue weighted by Gasteiger charge is 2.46. The fourth-order valence-electron chi connectivity index (χ4n) is 4.69. The zero-order chi connectivity index (χ0) is 23.9. The van der Waals surface area contributed by atoms with Crippen molar-refractivity contribution in [2.75, 3.05) is 11.5 Å². The van der Waals surface area contributed by atoms with Crippen LogP contribution in [0.5, 0.6) is 0 Å². The molecule has 5 nitrogen and oxygen atoms in total. The standard InChI is InChI=1S/C26H26BrClN2O3/c1-4-33-25(32)23-21(15-5-7-16(27)8-6-15)22-19(13-26(2,3)14-20(22)31)30(24(23)29)18-11-9-17(28)10-12-18/h5-12,21H,4,13-14,29H2,1-3H3/t21-/m1/s1. The van der Waals surface area contributed by atoms with Crippen molar-refractivity contribution in [1.82, 2.24) is 0 Å². The van der Waals surface area contributed by atoms with Gasteiger partial charge in [-0.25, -0.2) is 4.79 Å². The van der Waals surface area contributed by atoms with E-state index in [2.05, 4.69) is 29.8 Å². The summed E-state index contributed by atoms with van der Waals surface area (Å²) < 4.78 is 6.33. The van der Waals surface area contributed by atoms with Crippen molar-refractivity contribution < 1.29 is 14.3 Å². The maximum absolute atomic E-state index is 13.6. The van der Waals surface area contributed by atoms with Crippen molar-refractivity contribution in [2.45, 2.75) is 39.5 Å². The Bertz CT molecular complexity index is 1170. The molecule has 1 atom stereocenters. The number of hydrogen-bond acceptors (Lipinski definition) is 5. The summed E-state index contributed by atoms with van der Waals surface area (Å²) in [4.78, 5) is 28.7. The molecule has 33 heavy (non-hydrogen) atoms. The van der Waals surface area contributed by atoms with Gasteiger partial charge in [0.2, 0.25) is 0 Å². The van der Waals surface area contributed by atoms with Crippen LogP contribution in [0.2, 0.25) is 5.02 Å². The molecule has 0 unspecified atom stereocenters. The van der Waals surface area contributed by atoms with Crippen LogP contribution in [0.4, 0.5) is 5.69 Å². The Hall–Kier alpha value is -2.57. The number of ether oxygens (including phenoxy) is 1. The number of carbonyl (C=O) groups is 2. The number of hydrogen-bond donors (Lipinski definition) is 1. The van der Waals surface area contributed by atoms with Crippen molar-refractivity contribution in [1.29, 1.82) is 0 Å². The van der Waals surface area contributed by atoms with E-state index in [0.29, 0.717) is 23.4 Å². The van der Waals surface area contributed by atoms with Gasteiger partial charge in [0.1, 0.15) is 5.82 Å². The summed E-state index contributed by atoms with van der Waals surface area (Å²) in [6.45, 7) is 6.10. The van der Waals surface area contributed by atoms with Crippen LogP contribution < -0.4 is 10.6 Å². The van der Waals surface area contributed by atoms with E-state index < -0.39 is 11.9 Å². The fraction of sp³-hybridized carbons (Fsp3) is 0.308. The first kappa shape index (κ1) is 23.6. The van der Waals surface area contributed by atoms with E-state index in [1.54, 1.807) is 19.1 Å². The van der Waals surface area contributed by atoms with Crippen molar-refractivity contribution >= 4 is 45.0 Å². The van der Waals surface area contributed by atoms with Crippen molar-refractivity contribution in [3.05, 3.63) is 86.3 Å². The molecule has 172 valence electrons. The Balaban J connectivity index is 2.01. The summed E-state index contributed by atoms with van der Waals surface area (Å²) in [5.74, 6) is -0.833. The number of halogens is 2. The molecule has 0 saturated carbocycles. The molecule has 2 aromatic carbocycles. The van der Waals surface area contributed by atoms with E-state index in [9.17, 15) is 9.59 Å². The number of benzene rings is 2. The number of esters is 1. The van der Waals surface area contributed by atoms with E-state index in [4.69, 9.17) is 22.1 Å². The first-order valence-electron chi connectivity index (χ1n) is 10.9. The number of allylic oxidation sites excluding steroid dienone is 2. The van der Waals surface area contributed by atoms with Gasteiger partial charge < -0.3 is 10.5 Å². The largest absolute Gasteiger partial charge is 0.463 e. The third-order valence-corrected chi connectivity index (χ3v) is 6.82. The number of nitrogens with zero attached hydrogens (tertiary/aromatic N) is 1. The SMILES string of the molecule is CCOC(=O)C1=C(N)N(c2ccc(Cl)cc2)C2=C(C(=O)CC(C)(C)C2)[C@H]1c1ccc(Br)cc1. The lowest BCUT2D eigenvalue weighted by Crippen LogP contribution is -2.43. The predicted octanol–water partition coefficient (Wildman–Crippen LogP) is 6.08. The third-order valence-electron chi connectivity index (χ3n) is 6.04. The second-order valence-electron chi connectivity index (χ2n) is 9.12. The van der Waals surface area contributed by atoms with Crippen molar-refractivity contribution in [3.63, 3.8) is 0 Å². The number of carbonyl (C=O) groups excluding carboxylic acids is 2. The molecular formula is C26H26BrClN2O3. The lowest BCUT2D eigenvalue weighted by molar-refractivity contribution is -0.138. The van der Waals surface area contributed by atoms with Gasteiger partial charge in [-0.1, -0.05) is 53.5 Å². The monoisotopic (exact) mass is 528 g/mol. The number of anilines is 1. The molecule has 2 aromatic rings. The first-order chi connectivity index (χ1) is 15.6. The summed E-state index contributed by atoms with van der Waals surface area (Å²) in [5, 5.41) is 0.589. The maximum atomic E-state index is 13.6. The molecule has 0 bridgehead atoms. The van der Waals surface area contributed by atoms with Crippen molar-refractivity contribution in [3.8, 4) is 0 Å². The minimum atomic E-state index is -0.598. The second kappa shape index (κ2) is 8.99. The zero-order valence-corrected chi connectivity index (χ0v) is 21.2. The fourth-order valence-corrected chi connectivity index (χ4v) is 5.08. The Labute approximate surface area is 207 Å². The van der Waals surface area contributed by atoms with E-state index in [1.165, 1.54) is 0 Å². The third kappa shape index (κ3) is 4.46. The van der Waals surface area contributed by atoms with Gasteiger partial charge in [-0.2, -0.15) is 0 Å². The highest BCUT2D eigenvalue weighted by atomic mass is 79.9. The van der Waals surface area contributed by atoms with Crippen LogP contribution in [0.3, 0.4) is 0 Å². The maximum Gasteiger partial charge on any atom is 0.338 e. The summed E-state index contributed by atoms with van der Waals surface area (Å²) in [6, 6.07) is 14.8. The molecule has 0 spiro atoms. The summed E-state index contributed by atoms with van der Waals surface area (Å²) in [6.07, 6.45) is 1.03. The van der Waals surface area contributed by atoms with Gasteiger partial charge in [-0.3, -0.25) is 9.69 Å². The van der Waals surface area contributed by atoms with Crippen LogP contribution >= 0.6 is 27.5 Å². The Morgan fingerprint density at radius 2 is 1.79 bits per heavy atom. The van der Waals surface area contributed by atoms with Crippen molar-refractivity contribution in [2.24, 2.45) is 11.1 Å². The highest BCUT2D eigenvalue weighted by molar-refractivity contribution is 9.10. The van der Waals surface area contributed by atoms with Crippen LogP contribution in [0.1, 0.15) is 45.1 Å². The van der Waals surface area contributed by atoms with Gasteiger partial charge in [0.25, 0.3) is 0 Å². The van der Waals surface area contributed by atoms with Crippen LogP contribution in [-0.2, 0) is 14.3 Å². The number of ketones is 1. The summed E-state index contributed by atoms with van der Waals surface area (Å²) in [5.41, 5.74) is 9.75. The Morgan fingerprint density at radius 3 is 2.39 bits per heavy atom. The zero-order valence-electron chi connectivity index (χ0n) is 18.8. The van der Waals surface area contributed by atoms with E-state index in [0.717, 1.165) is 21.4 Å². The smallest absolute Gasteiger partial charge is 0.338 e. The quantitative estimate of drug-likeness (QED) is 0.486. The molecular weight excluding hydrogens is 504 g/mol. The Morgan fingerprint density at radius 1 is 1.15 bits per heavy atom. The number of Topliss-reactive ketones (excluding diaryl/α,β-unsaturated/α-hetero) is 1. The molecule has 1 heterocycles. The van der Waals surface area contributed by atoms with Crippen LogP contribution in [-0.4, -0.2) is 18.4 Å². The van der Waals surface area contributed by atoms with Gasteiger partial charge in [-0.15, -0.1) is 0 Å². The van der Waals surface area contributed by atoms with E-state index >= 15 is 0 Å². The molecule has 7 heteroatoms. The van der Waals surface area contributed by atoms with Crippen LogP contribution in [0.15, 0.2) is 75.7 Å². The lowest BCUT2D eigenvalue weighted by atomic mass is 9.68. The van der Waals surface area contributed by atoms with Crippen LogP contribution in [0, 0.1) is 5.41 Å². The molecule has 2 N–H and O–H groups in total. The van der Waals surface area contributed by atoms with E-state index in [-0.39, 0.29) is 29.2 Å². The van der Waals surface area contributed by atoms with Gasteiger partial charge in [-0.05, 0) is 60.7 Å². The molecule has 1 aliphatic heterocycles. The topological polar surface area (TPSA) is 72.6 Å². The molecule has 0 radical (unpaired) electrons. The Kier molecular flexibility index (Phi) is 6.43. The molecule has 1 aliphatic carbocycles. The molecule has 4 rings (SSSR count). The number of nitrogens with two attached hydrogens (primary N) is 1. The van der Waals surface area contributed by atoms with Gasteiger partial charge in [0, 0.05) is 32.9 Å². The molecule has 0 amide bonds. The second-order valence-corrected chi connectivity index (χ2v) is 10.5. The first-order valence-corrected chi connectivity index (χ1v) is 12.0. The normalized spacial score (nSPS) is 20.1. The van der Waals surface area contributed by atoms with Gasteiger partial charge in [0.15, 0.2) is 5.78 Å². The summed E-state index contributed by atoms with van der Waals surface area (Å²) in [7, 11) is 0. The molecule has 0 saturated heterocycles.